The lowest BCUT2D eigenvalue weighted by Gasteiger charge is -2.19. The van der Waals surface area contributed by atoms with Crippen LogP contribution in [0.2, 0.25) is 0 Å². The van der Waals surface area contributed by atoms with Crippen LogP contribution in [-0.2, 0) is 4.74 Å². The van der Waals surface area contributed by atoms with E-state index in [1.165, 1.54) is 4.70 Å². The molecule has 0 atom stereocenters. The van der Waals surface area contributed by atoms with E-state index in [4.69, 9.17) is 4.74 Å². The van der Waals surface area contributed by atoms with Crippen LogP contribution in [0.1, 0.15) is 20.8 Å². The van der Waals surface area contributed by atoms with Crippen LogP contribution >= 0.6 is 35.3 Å². The zero-order valence-corrected chi connectivity index (χ0v) is 19.8. The Morgan fingerprint density at radius 1 is 1.11 bits per heavy atom. The summed E-state index contributed by atoms with van der Waals surface area (Å²) < 4.78 is 6.35. The Kier molecular flexibility index (Phi) is 10.3. The quantitative estimate of drug-likeness (QED) is 0.194. The number of ether oxygens (including phenoxy) is 1. The lowest BCUT2D eigenvalue weighted by atomic mass is 10.2. The zero-order chi connectivity index (χ0) is 19.7. The number of nitrogens with zero attached hydrogens (tertiary/aromatic N) is 2. The summed E-state index contributed by atoms with van der Waals surface area (Å²) in [5.41, 5.74) is 0.513. The number of carbonyl (C=O) groups excluding carboxylic acids is 1. The van der Waals surface area contributed by atoms with Crippen molar-refractivity contribution in [2.45, 2.75) is 26.4 Å². The number of amides is 1. The van der Waals surface area contributed by atoms with Gasteiger partial charge in [-0.2, -0.15) is 0 Å². The summed E-state index contributed by atoms with van der Waals surface area (Å²) in [5.74, 6) is 0.673. The third kappa shape index (κ3) is 8.91. The lowest BCUT2D eigenvalue weighted by molar-refractivity contribution is 0.0529. The third-order valence-electron chi connectivity index (χ3n) is 3.30. The molecule has 2 rings (SSSR count). The molecule has 4 N–H and O–H groups in total. The Labute approximate surface area is 187 Å². The Morgan fingerprint density at radius 2 is 1.75 bits per heavy atom. The Hall–Kier alpha value is -1.82. The van der Waals surface area contributed by atoms with Crippen molar-refractivity contribution in [2.24, 2.45) is 4.99 Å². The van der Waals surface area contributed by atoms with Gasteiger partial charge in [-0.1, -0.05) is 23.5 Å². The number of hydrogen-bond donors (Lipinski definition) is 4. The van der Waals surface area contributed by atoms with Gasteiger partial charge in [0.2, 0.25) is 0 Å². The van der Waals surface area contributed by atoms with Crippen LogP contribution in [0.25, 0.3) is 10.2 Å². The van der Waals surface area contributed by atoms with Gasteiger partial charge >= 0.3 is 6.09 Å². The average molecular weight is 520 g/mol. The topological polar surface area (TPSA) is 99.7 Å². The van der Waals surface area contributed by atoms with Crippen molar-refractivity contribution in [3.63, 3.8) is 0 Å². The number of anilines is 1. The van der Waals surface area contributed by atoms with Gasteiger partial charge in [0, 0.05) is 33.2 Å². The Bertz CT molecular complexity index is 742. The number of guanidine groups is 1. The molecule has 28 heavy (non-hydrogen) atoms. The number of benzene rings is 1. The molecule has 0 saturated carbocycles. The number of hydrogen-bond acceptors (Lipinski definition) is 6. The van der Waals surface area contributed by atoms with E-state index < -0.39 is 11.7 Å². The molecule has 0 aliphatic rings. The van der Waals surface area contributed by atoms with Crippen molar-refractivity contribution in [3.8, 4) is 0 Å². The van der Waals surface area contributed by atoms with E-state index >= 15 is 0 Å². The molecule has 156 valence electrons. The minimum atomic E-state index is -0.495. The molecule has 1 aromatic heterocycles. The molecule has 0 bridgehead atoms. The zero-order valence-electron chi connectivity index (χ0n) is 16.7. The highest BCUT2D eigenvalue weighted by Gasteiger charge is 2.15. The summed E-state index contributed by atoms with van der Waals surface area (Å²) in [6, 6.07) is 8.07. The predicted octanol–water partition coefficient (Wildman–Crippen LogP) is 3.02. The second kappa shape index (κ2) is 11.9. The second-order valence-corrected chi connectivity index (χ2v) is 7.80. The third-order valence-corrected chi connectivity index (χ3v) is 4.29. The smallest absolute Gasteiger partial charge is 0.407 e. The van der Waals surface area contributed by atoms with Crippen molar-refractivity contribution in [3.05, 3.63) is 24.3 Å². The minimum absolute atomic E-state index is 0. The molecule has 1 aromatic carbocycles. The van der Waals surface area contributed by atoms with Gasteiger partial charge < -0.3 is 26.0 Å². The number of alkyl carbamates (subject to hydrolysis) is 1. The number of thiazole rings is 1. The summed E-state index contributed by atoms with van der Waals surface area (Å²) in [7, 11) is 1.71. The van der Waals surface area contributed by atoms with Crippen LogP contribution in [0.4, 0.5) is 9.93 Å². The highest BCUT2D eigenvalue weighted by atomic mass is 127. The van der Waals surface area contributed by atoms with Gasteiger partial charge in [-0.05, 0) is 32.9 Å². The van der Waals surface area contributed by atoms with Crippen molar-refractivity contribution >= 4 is 62.7 Å². The fraction of sp³-hybridized carbons (Fsp3) is 0.500. The molecule has 2 aromatic rings. The number of aliphatic imine (C=N–C) groups is 1. The largest absolute Gasteiger partial charge is 0.444 e. The molecule has 1 amide bonds. The maximum absolute atomic E-state index is 11.6. The van der Waals surface area contributed by atoms with Gasteiger partial charge in [0.15, 0.2) is 11.1 Å². The number of rotatable bonds is 7. The Balaban J connectivity index is 0.00000392. The number of para-hydroxylation sites is 1. The van der Waals surface area contributed by atoms with Crippen LogP contribution in [0.5, 0.6) is 0 Å². The number of carbonyl (C=O) groups is 1. The standard InChI is InChI=1S/C18H28N6O2S.HI/c1-18(2,3)26-17(25)23-12-10-21-15(19-4)20-9-11-22-16-24-13-7-5-6-8-14(13)27-16;/h5-8H,9-12H2,1-4H3,(H,22,24)(H,23,25)(H2,19,20,21);1H. The number of halogens is 1. The predicted molar refractivity (Wildman–Crippen MR) is 127 cm³/mol. The molecule has 0 spiro atoms. The van der Waals surface area contributed by atoms with E-state index in [0.29, 0.717) is 25.6 Å². The van der Waals surface area contributed by atoms with E-state index in [2.05, 4.69) is 37.3 Å². The average Bonchev–Trinajstić information content (AvgIpc) is 3.01. The first kappa shape index (κ1) is 24.2. The summed E-state index contributed by atoms with van der Waals surface area (Å²) >= 11 is 1.64. The van der Waals surface area contributed by atoms with Gasteiger partial charge in [0.05, 0.1) is 10.2 Å². The molecule has 0 radical (unpaired) electrons. The van der Waals surface area contributed by atoms with Crippen LogP contribution in [0.3, 0.4) is 0 Å². The van der Waals surface area contributed by atoms with E-state index in [1.54, 1.807) is 18.4 Å². The first-order valence-electron chi connectivity index (χ1n) is 8.88. The SMILES string of the molecule is CN=C(NCCNC(=O)OC(C)(C)C)NCCNc1nc2ccccc2s1.I. The molecule has 0 unspecified atom stereocenters. The summed E-state index contributed by atoms with van der Waals surface area (Å²) in [4.78, 5) is 20.2. The molecule has 0 fully saturated rings. The number of nitrogens with one attached hydrogen (secondary N) is 4. The van der Waals surface area contributed by atoms with E-state index in [-0.39, 0.29) is 24.0 Å². The van der Waals surface area contributed by atoms with Crippen LogP contribution in [-0.4, -0.2) is 55.9 Å². The fourth-order valence-electron chi connectivity index (χ4n) is 2.18. The molecule has 0 aliphatic heterocycles. The van der Waals surface area contributed by atoms with E-state index in [0.717, 1.165) is 17.2 Å². The molecule has 10 heteroatoms. The molecular formula is C18H29IN6O2S. The summed E-state index contributed by atoms with van der Waals surface area (Å²) in [6.45, 7) is 7.90. The van der Waals surface area contributed by atoms with Crippen molar-refractivity contribution in [2.75, 3.05) is 38.5 Å². The molecule has 0 saturated heterocycles. The van der Waals surface area contributed by atoms with Crippen LogP contribution in [0.15, 0.2) is 29.3 Å². The van der Waals surface area contributed by atoms with Crippen molar-refractivity contribution in [1.82, 2.24) is 20.9 Å². The monoisotopic (exact) mass is 520 g/mol. The van der Waals surface area contributed by atoms with Gasteiger partial charge in [0.1, 0.15) is 5.60 Å². The first-order chi connectivity index (χ1) is 12.9. The fourth-order valence-corrected chi connectivity index (χ4v) is 3.07. The van der Waals surface area contributed by atoms with Gasteiger partial charge in [0.25, 0.3) is 0 Å². The molecule has 8 nitrogen and oxygen atoms in total. The normalized spacial score (nSPS) is 11.5. The summed E-state index contributed by atoms with van der Waals surface area (Å²) in [5, 5.41) is 13.3. The van der Waals surface area contributed by atoms with Gasteiger partial charge in [-0.15, -0.1) is 24.0 Å². The van der Waals surface area contributed by atoms with Crippen LogP contribution < -0.4 is 21.3 Å². The first-order valence-corrected chi connectivity index (χ1v) is 9.70. The highest BCUT2D eigenvalue weighted by molar-refractivity contribution is 14.0. The second-order valence-electron chi connectivity index (χ2n) is 6.77. The van der Waals surface area contributed by atoms with Gasteiger partial charge in [-0.3, -0.25) is 4.99 Å². The van der Waals surface area contributed by atoms with Gasteiger partial charge in [-0.25, -0.2) is 9.78 Å². The minimum Gasteiger partial charge on any atom is -0.444 e. The maximum Gasteiger partial charge on any atom is 0.407 e. The van der Waals surface area contributed by atoms with E-state index in [9.17, 15) is 4.79 Å². The number of fused-ring (bicyclic) bond motifs is 1. The summed E-state index contributed by atoms with van der Waals surface area (Å²) in [6.07, 6.45) is -0.424. The van der Waals surface area contributed by atoms with E-state index in [1.807, 2.05) is 39.0 Å². The molecular weight excluding hydrogens is 491 g/mol. The van der Waals surface area contributed by atoms with Crippen LogP contribution in [0, 0.1) is 0 Å². The maximum atomic E-state index is 11.6. The molecule has 1 heterocycles. The number of aromatic nitrogens is 1. The highest BCUT2D eigenvalue weighted by Crippen LogP contribution is 2.24. The van der Waals surface area contributed by atoms with Crippen molar-refractivity contribution < 1.29 is 9.53 Å². The molecule has 0 aliphatic carbocycles. The van der Waals surface area contributed by atoms with Crippen molar-refractivity contribution in [1.29, 1.82) is 0 Å². The Morgan fingerprint density at radius 3 is 2.39 bits per heavy atom. The lowest BCUT2D eigenvalue weighted by Crippen LogP contribution is -2.43.